The van der Waals surface area contributed by atoms with Gasteiger partial charge in [-0.3, -0.25) is 0 Å². The Labute approximate surface area is 187 Å². The smallest absolute Gasteiger partial charge is 0.338 e. The van der Waals surface area contributed by atoms with Gasteiger partial charge in [-0.2, -0.15) is 0 Å². The molecule has 0 unspecified atom stereocenters. The summed E-state index contributed by atoms with van der Waals surface area (Å²) in [5.74, 6) is -0.146. The zero-order valence-electron chi connectivity index (χ0n) is 20.1. The Kier molecular flexibility index (Phi) is 17.5. The predicted octanol–water partition coefficient (Wildman–Crippen LogP) is 9.06. The van der Waals surface area contributed by atoms with Crippen molar-refractivity contribution in [1.29, 1.82) is 0 Å². The number of esters is 1. The van der Waals surface area contributed by atoms with Gasteiger partial charge in [-0.05, 0) is 30.9 Å². The second-order valence-electron chi connectivity index (χ2n) is 8.85. The summed E-state index contributed by atoms with van der Waals surface area (Å²) in [7, 11) is 0. The lowest BCUT2D eigenvalue weighted by Gasteiger charge is -2.09. The summed E-state index contributed by atoms with van der Waals surface area (Å²) in [4.78, 5) is 12.4. The van der Waals surface area contributed by atoms with Crippen molar-refractivity contribution in [2.24, 2.45) is 0 Å². The van der Waals surface area contributed by atoms with E-state index in [2.05, 4.69) is 19.9 Å². The number of ether oxygens (including phenoxy) is 1. The van der Waals surface area contributed by atoms with Gasteiger partial charge in [-0.25, -0.2) is 4.79 Å². The number of unbranched alkanes of at least 4 members (excludes halogenated alkanes) is 15. The van der Waals surface area contributed by atoms with E-state index < -0.39 is 0 Å². The van der Waals surface area contributed by atoms with Crippen molar-refractivity contribution >= 4 is 5.97 Å². The minimum atomic E-state index is -0.146. The molecule has 1 aromatic carbocycles. The molecule has 172 valence electrons. The minimum absolute atomic E-state index is 0.146. The molecule has 1 rings (SSSR count). The van der Waals surface area contributed by atoms with E-state index in [1.807, 2.05) is 18.2 Å². The fourth-order valence-corrected chi connectivity index (χ4v) is 4.02. The highest BCUT2D eigenvalue weighted by molar-refractivity contribution is 5.91. The third-order valence-corrected chi connectivity index (χ3v) is 6.02. The summed E-state index contributed by atoms with van der Waals surface area (Å²) < 4.78 is 5.52. The van der Waals surface area contributed by atoms with Gasteiger partial charge < -0.3 is 4.74 Å². The lowest BCUT2D eigenvalue weighted by atomic mass is 10.0. The number of benzene rings is 1. The summed E-state index contributed by atoms with van der Waals surface area (Å²) >= 11 is 0. The van der Waals surface area contributed by atoms with Crippen LogP contribution in [0.3, 0.4) is 0 Å². The fourth-order valence-electron chi connectivity index (χ4n) is 4.02. The van der Waals surface area contributed by atoms with E-state index in [0.717, 1.165) is 36.8 Å². The van der Waals surface area contributed by atoms with Gasteiger partial charge in [-0.1, -0.05) is 128 Å². The van der Waals surface area contributed by atoms with Gasteiger partial charge >= 0.3 is 5.97 Å². The maximum atomic E-state index is 12.4. The predicted molar refractivity (Wildman–Crippen MR) is 130 cm³/mol. The Morgan fingerprint density at radius 2 is 1.10 bits per heavy atom. The topological polar surface area (TPSA) is 26.3 Å². The number of aryl methyl sites for hydroxylation is 1. The maximum absolute atomic E-state index is 12.4. The number of hydrogen-bond acceptors (Lipinski definition) is 2. The van der Waals surface area contributed by atoms with Crippen LogP contribution in [0.25, 0.3) is 0 Å². The largest absolute Gasteiger partial charge is 0.462 e. The molecule has 0 heterocycles. The van der Waals surface area contributed by atoms with Crippen LogP contribution in [0, 0.1) is 0 Å². The maximum Gasteiger partial charge on any atom is 0.338 e. The Bertz CT molecular complexity index is 523. The third kappa shape index (κ3) is 13.8. The van der Waals surface area contributed by atoms with Crippen LogP contribution in [-0.2, 0) is 11.2 Å². The van der Waals surface area contributed by atoms with E-state index in [4.69, 9.17) is 4.74 Å². The van der Waals surface area contributed by atoms with E-state index in [1.165, 1.54) is 89.9 Å². The molecule has 0 saturated carbocycles. The molecular weight excluding hydrogens is 368 g/mol. The van der Waals surface area contributed by atoms with Gasteiger partial charge in [-0.15, -0.1) is 0 Å². The normalized spacial score (nSPS) is 11.0. The van der Waals surface area contributed by atoms with E-state index in [-0.39, 0.29) is 5.97 Å². The molecule has 0 aliphatic carbocycles. The van der Waals surface area contributed by atoms with Gasteiger partial charge in [0.05, 0.1) is 12.2 Å². The molecule has 0 saturated heterocycles. The lowest BCUT2D eigenvalue weighted by molar-refractivity contribution is 0.0496. The molecule has 0 aromatic heterocycles. The molecule has 0 atom stereocenters. The van der Waals surface area contributed by atoms with Gasteiger partial charge in [0, 0.05) is 0 Å². The molecule has 0 N–H and O–H groups in total. The van der Waals surface area contributed by atoms with Crippen LogP contribution in [0.4, 0.5) is 0 Å². The zero-order valence-corrected chi connectivity index (χ0v) is 20.1. The second kappa shape index (κ2) is 19.6. The zero-order chi connectivity index (χ0) is 21.7. The molecule has 0 spiro atoms. The van der Waals surface area contributed by atoms with E-state index in [0.29, 0.717) is 6.61 Å². The molecule has 0 radical (unpaired) electrons. The van der Waals surface area contributed by atoms with Crippen LogP contribution < -0.4 is 0 Å². The first-order valence-electron chi connectivity index (χ1n) is 13.0. The van der Waals surface area contributed by atoms with Crippen LogP contribution in [0.1, 0.15) is 139 Å². The monoisotopic (exact) mass is 416 g/mol. The van der Waals surface area contributed by atoms with Crippen molar-refractivity contribution in [1.82, 2.24) is 0 Å². The Morgan fingerprint density at radius 3 is 1.63 bits per heavy atom. The quantitative estimate of drug-likeness (QED) is 0.156. The van der Waals surface area contributed by atoms with Gasteiger partial charge in [0.15, 0.2) is 0 Å². The summed E-state index contributed by atoms with van der Waals surface area (Å²) in [6.07, 6.45) is 23.5. The summed E-state index contributed by atoms with van der Waals surface area (Å²) in [6.45, 7) is 5.01. The molecule has 0 aliphatic rings. The minimum Gasteiger partial charge on any atom is -0.462 e. The standard InChI is InChI=1S/C28H48O2/c1-3-5-7-8-9-10-11-12-13-14-15-16-17-18-21-25-30-28(29)27-24-20-19-23-26(27)22-6-4-2/h19-20,23-24H,3-18,21-22,25H2,1-2H3. The van der Waals surface area contributed by atoms with Crippen LogP contribution in [-0.4, -0.2) is 12.6 Å². The second-order valence-corrected chi connectivity index (χ2v) is 8.85. The average molecular weight is 417 g/mol. The van der Waals surface area contributed by atoms with Crippen LogP contribution in [0.5, 0.6) is 0 Å². The summed E-state index contributed by atoms with van der Waals surface area (Å²) in [5.41, 5.74) is 1.88. The molecule has 0 bridgehead atoms. The molecule has 0 fully saturated rings. The lowest BCUT2D eigenvalue weighted by Crippen LogP contribution is -2.09. The first-order chi connectivity index (χ1) is 14.8. The Hall–Kier alpha value is -1.31. The van der Waals surface area contributed by atoms with E-state index in [1.54, 1.807) is 0 Å². The van der Waals surface area contributed by atoms with E-state index in [9.17, 15) is 4.79 Å². The average Bonchev–Trinajstić information content (AvgIpc) is 2.77. The molecule has 1 aromatic rings. The highest BCUT2D eigenvalue weighted by Crippen LogP contribution is 2.15. The first kappa shape index (κ1) is 26.7. The van der Waals surface area contributed by atoms with Crippen molar-refractivity contribution in [2.45, 2.75) is 129 Å². The molecule has 2 nitrogen and oxygen atoms in total. The summed E-state index contributed by atoms with van der Waals surface area (Å²) in [6, 6.07) is 7.90. The number of rotatable bonds is 20. The third-order valence-electron chi connectivity index (χ3n) is 6.02. The van der Waals surface area contributed by atoms with Crippen LogP contribution in [0.2, 0.25) is 0 Å². The van der Waals surface area contributed by atoms with Crippen molar-refractivity contribution < 1.29 is 9.53 Å². The van der Waals surface area contributed by atoms with Gasteiger partial charge in [0.25, 0.3) is 0 Å². The van der Waals surface area contributed by atoms with Crippen molar-refractivity contribution in [3.05, 3.63) is 35.4 Å². The van der Waals surface area contributed by atoms with Crippen molar-refractivity contribution in [3.63, 3.8) is 0 Å². The van der Waals surface area contributed by atoms with Crippen LogP contribution >= 0.6 is 0 Å². The Balaban J connectivity index is 1.92. The fraction of sp³-hybridized carbons (Fsp3) is 0.750. The summed E-state index contributed by atoms with van der Waals surface area (Å²) in [5, 5.41) is 0. The first-order valence-corrected chi connectivity index (χ1v) is 13.0. The molecule has 0 amide bonds. The van der Waals surface area contributed by atoms with Gasteiger partial charge in [0.1, 0.15) is 0 Å². The molecule has 2 heteroatoms. The number of carbonyl (C=O) groups is 1. The number of carbonyl (C=O) groups excluding carboxylic acids is 1. The molecule has 0 aliphatic heterocycles. The van der Waals surface area contributed by atoms with E-state index >= 15 is 0 Å². The molecule has 30 heavy (non-hydrogen) atoms. The van der Waals surface area contributed by atoms with Gasteiger partial charge in [0.2, 0.25) is 0 Å². The molecular formula is C28H48O2. The number of hydrogen-bond donors (Lipinski definition) is 0. The SMILES string of the molecule is CCCCCCCCCCCCCCCCCOC(=O)c1ccccc1CCCC. The highest BCUT2D eigenvalue weighted by Gasteiger charge is 2.11. The highest BCUT2D eigenvalue weighted by atomic mass is 16.5. The van der Waals surface area contributed by atoms with Crippen molar-refractivity contribution in [2.75, 3.05) is 6.61 Å². The van der Waals surface area contributed by atoms with Crippen molar-refractivity contribution in [3.8, 4) is 0 Å². The van der Waals surface area contributed by atoms with Crippen LogP contribution in [0.15, 0.2) is 24.3 Å². The Morgan fingerprint density at radius 1 is 0.633 bits per heavy atom.